The Kier molecular flexibility index (Phi) is 28.0. The standard InChI is InChI=1S/C36H76NO6P/c1-6-8-10-12-14-16-18-20-22-24-26-28-30-36(35(39)34-38,43-44(40,41)42-33-32-37(3,4)5)31-29-27-25-23-21-19-17-15-13-11-9-7-2/h35,38-39H,6-34H2,1-5H3/p+1/t35-/m0/s1. The summed E-state index contributed by atoms with van der Waals surface area (Å²) in [5, 5.41) is 21.0. The van der Waals surface area contributed by atoms with Crippen LogP contribution in [-0.4, -0.2) is 72.2 Å². The molecule has 0 spiro atoms. The minimum Gasteiger partial charge on any atom is -0.394 e. The Labute approximate surface area is 274 Å². The van der Waals surface area contributed by atoms with Gasteiger partial charge in [-0.1, -0.05) is 168 Å². The highest BCUT2D eigenvalue weighted by atomic mass is 31.2. The van der Waals surface area contributed by atoms with E-state index in [2.05, 4.69) is 13.8 Å². The van der Waals surface area contributed by atoms with Crippen LogP contribution in [0.25, 0.3) is 0 Å². The maximum atomic E-state index is 13.1. The molecule has 0 aromatic carbocycles. The summed E-state index contributed by atoms with van der Waals surface area (Å²) >= 11 is 0. The Morgan fingerprint density at radius 1 is 0.614 bits per heavy atom. The zero-order chi connectivity index (χ0) is 33.0. The first-order valence-corrected chi connectivity index (χ1v) is 20.3. The average Bonchev–Trinajstić information content (AvgIpc) is 2.96. The molecular formula is C36H77NO6P+. The van der Waals surface area contributed by atoms with Crippen molar-refractivity contribution in [3.63, 3.8) is 0 Å². The quantitative estimate of drug-likeness (QED) is 0.0364. The summed E-state index contributed by atoms with van der Waals surface area (Å²) in [5.74, 6) is 0. The Morgan fingerprint density at radius 2 is 0.932 bits per heavy atom. The SMILES string of the molecule is CCCCCCCCCCCCCCC(CCCCCCCCCCCCCC)(OP(=O)(O)OCC[N+](C)(C)C)[C@@H](O)CO. The summed E-state index contributed by atoms with van der Waals surface area (Å²) in [6.45, 7) is 4.64. The van der Waals surface area contributed by atoms with Crippen LogP contribution < -0.4 is 0 Å². The van der Waals surface area contributed by atoms with E-state index in [-0.39, 0.29) is 6.61 Å². The fraction of sp³-hybridized carbons (Fsp3) is 1.00. The lowest BCUT2D eigenvalue weighted by atomic mass is 9.85. The van der Waals surface area contributed by atoms with E-state index in [9.17, 15) is 19.7 Å². The van der Waals surface area contributed by atoms with Gasteiger partial charge in [-0.15, -0.1) is 0 Å². The topological polar surface area (TPSA) is 96.2 Å². The van der Waals surface area contributed by atoms with Gasteiger partial charge in [-0.25, -0.2) is 4.57 Å². The monoisotopic (exact) mass is 651 g/mol. The molecule has 0 radical (unpaired) electrons. The van der Waals surface area contributed by atoms with Crippen LogP contribution in [0, 0.1) is 0 Å². The van der Waals surface area contributed by atoms with E-state index in [0.29, 0.717) is 23.9 Å². The number of hydrogen-bond donors (Lipinski definition) is 3. The van der Waals surface area contributed by atoms with Gasteiger partial charge >= 0.3 is 7.82 Å². The molecule has 1 unspecified atom stereocenters. The van der Waals surface area contributed by atoms with E-state index in [1.54, 1.807) is 0 Å². The maximum absolute atomic E-state index is 13.1. The van der Waals surface area contributed by atoms with Crippen LogP contribution in [0.3, 0.4) is 0 Å². The van der Waals surface area contributed by atoms with Crippen molar-refractivity contribution in [3.05, 3.63) is 0 Å². The molecule has 2 atom stereocenters. The average molecular weight is 651 g/mol. The summed E-state index contributed by atoms with van der Waals surface area (Å²) in [7, 11) is 1.56. The van der Waals surface area contributed by atoms with Gasteiger partial charge in [0.2, 0.25) is 0 Å². The molecule has 0 aliphatic rings. The zero-order valence-electron chi connectivity index (χ0n) is 30.0. The second-order valence-electron chi connectivity index (χ2n) is 14.4. The first-order valence-electron chi connectivity index (χ1n) is 18.8. The molecule has 3 N–H and O–H groups in total. The molecule has 0 amide bonds. The number of unbranched alkanes of at least 4 members (excludes halogenated alkanes) is 22. The van der Waals surface area contributed by atoms with Crippen LogP contribution in [0.5, 0.6) is 0 Å². The predicted octanol–water partition coefficient (Wildman–Crippen LogP) is 10.1. The van der Waals surface area contributed by atoms with Crippen molar-refractivity contribution < 1.29 is 33.2 Å². The van der Waals surface area contributed by atoms with Crippen LogP contribution in [0.2, 0.25) is 0 Å². The number of likely N-dealkylation sites (N-methyl/N-ethyl adjacent to an activating group) is 1. The first kappa shape index (κ1) is 44.0. The summed E-state index contributed by atoms with van der Waals surface area (Å²) < 4.78 is 24.9. The van der Waals surface area contributed by atoms with E-state index >= 15 is 0 Å². The van der Waals surface area contributed by atoms with Crippen LogP contribution >= 0.6 is 7.82 Å². The van der Waals surface area contributed by atoms with Crippen LogP contribution in [0.15, 0.2) is 0 Å². The summed E-state index contributed by atoms with van der Waals surface area (Å²) in [4.78, 5) is 10.7. The Bertz CT molecular complexity index is 644. The van der Waals surface area contributed by atoms with Crippen molar-refractivity contribution in [1.29, 1.82) is 0 Å². The molecule has 0 aromatic heterocycles. The maximum Gasteiger partial charge on any atom is 0.473 e. The lowest BCUT2D eigenvalue weighted by molar-refractivity contribution is -0.870. The van der Waals surface area contributed by atoms with Gasteiger partial charge in [-0.3, -0.25) is 9.05 Å². The van der Waals surface area contributed by atoms with Gasteiger partial charge in [0, 0.05) is 0 Å². The molecule has 44 heavy (non-hydrogen) atoms. The van der Waals surface area contributed by atoms with Gasteiger partial charge < -0.3 is 19.6 Å². The van der Waals surface area contributed by atoms with Gasteiger partial charge in [0.1, 0.15) is 24.9 Å². The normalized spacial score (nSPS) is 14.6. The Balaban J connectivity index is 4.82. The first-order chi connectivity index (χ1) is 21.0. The largest absolute Gasteiger partial charge is 0.473 e. The van der Waals surface area contributed by atoms with Crippen LogP contribution in [-0.2, 0) is 13.6 Å². The highest BCUT2D eigenvalue weighted by Gasteiger charge is 2.44. The predicted molar refractivity (Wildman–Crippen MR) is 187 cm³/mol. The number of rotatable bonds is 34. The third-order valence-corrected chi connectivity index (χ3v) is 10.1. The number of phosphoric ester groups is 1. The molecule has 0 fully saturated rings. The van der Waals surface area contributed by atoms with Crippen molar-refractivity contribution in [2.24, 2.45) is 0 Å². The summed E-state index contributed by atoms with van der Waals surface area (Å²) in [6, 6.07) is 0. The van der Waals surface area contributed by atoms with Gasteiger partial charge in [0.15, 0.2) is 0 Å². The zero-order valence-corrected chi connectivity index (χ0v) is 30.9. The number of aliphatic hydroxyl groups is 2. The Hall–Kier alpha value is -0.0100. The molecule has 0 heterocycles. The van der Waals surface area contributed by atoms with E-state index in [0.717, 1.165) is 38.5 Å². The number of hydrogen-bond acceptors (Lipinski definition) is 5. The van der Waals surface area contributed by atoms with Crippen molar-refractivity contribution in [3.8, 4) is 0 Å². The van der Waals surface area contributed by atoms with Crippen molar-refractivity contribution >= 4 is 7.82 Å². The second-order valence-corrected chi connectivity index (χ2v) is 15.8. The van der Waals surface area contributed by atoms with E-state index < -0.39 is 26.1 Å². The van der Waals surface area contributed by atoms with Crippen molar-refractivity contribution in [2.75, 3.05) is 40.9 Å². The lowest BCUT2D eigenvalue weighted by Gasteiger charge is -2.38. The van der Waals surface area contributed by atoms with Crippen LogP contribution in [0.4, 0.5) is 0 Å². The number of quaternary nitrogens is 1. The molecule has 0 rings (SSSR count). The third kappa shape index (κ3) is 26.1. The smallest absolute Gasteiger partial charge is 0.394 e. The van der Waals surface area contributed by atoms with E-state index in [1.807, 2.05) is 21.1 Å². The Morgan fingerprint density at radius 3 is 1.23 bits per heavy atom. The molecule has 7 nitrogen and oxygen atoms in total. The molecule has 0 saturated carbocycles. The molecule has 8 heteroatoms. The molecule has 0 aliphatic carbocycles. The van der Waals surface area contributed by atoms with Gasteiger partial charge in [-0.2, -0.15) is 0 Å². The fourth-order valence-electron chi connectivity index (χ4n) is 5.99. The summed E-state index contributed by atoms with van der Waals surface area (Å²) in [6.07, 6.45) is 28.9. The van der Waals surface area contributed by atoms with Gasteiger partial charge in [0.05, 0.1) is 27.7 Å². The minimum absolute atomic E-state index is 0.0831. The lowest BCUT2D eigenvalue weighted by Crippen LogP contribution is -2.46. The van der Waals surface area contributed by atoms with E-state index in [1.165, 1.54) is 116 Å². The third-order valence-electron chi connectivity index (χ3n) is 9.00. The fourth-order valence-corrected chi connectivity index (χ4v) is 7.12. The molecule has 0 aromatic rings. The molecule has 0 aliphatic heterocycles. The number of aliphatic hydroxyl groups excluding tert-OH is 2. The molecule has 0 bridgehead atoms. The second kappa shape index (κ2) is 28.0. The molecule has 266 valence electrons. The van der Waals surface area contributed by atoms with E-state index in [4.69, 9.17) is 9.05 Å². The molecular weight excluding hydrogens is 573 g/mol. The van der Waals surface area contributed by atoms with Gasteiger partial charge in [-0.05, 0) is 12.8 Å². The number of nitrogens with zero attached hydrogens (tertiary/aromatic N) is 1. The summed E-state index contributed by atoms with van der Waals surface area (Å²) in [5.41, 5.74) is -1.29. The van der Waals surface area contributed by atoms with Crippen molar-refractivity contribution in [1.82, 2.24) is 0 Å². The molecule has 0 saturated heterocycles. The van der Waals surface area contributed by atoms with Crippen LogP contribution in [0.1, 0.15) is 181 Å². The highest BCUT2D eigenvalue weighted by Crippen LogP contribution is 2.51. The highest BCUT2D eigenvalue weighted by molar-refractivity contribution is 7.47. The van der Waals surface area contributed by atoms with Gasteiger partial charge in [0.25, 0.3) is 0 Å². The minimum atomic E-state index is -4.42. The van der Waals surface area contributed by atoms with Crippen molar-refractivity contribution in [2.45, 2.75) is 192 Å². The number of phosphoric acid groups is 1.